The molecule has 0 atom stereocenters. The van der Waals surface area contributed by atoms with E-state index in [1.165, 1.54) is 60.9 Å². The van der Waals surface area contributed by atoms with E-state index in [0.29, 0.717) is 0 Å². The maximum atomic E-state index is 2.37. The molecule has 0 spiro atoms. The Morgan fingerprint density at radius 2 is 1.06 bits per heavy atom. The minimum Gasteiger partial charge on any atom is -0.309 e. The average molecular weight is 408 g/mol. The maximum absolute atomic E-state index is 2.37. The number of rotatable bonds is 2. The van der Waals surface area contributed by atoms with Crippen LogP contribution in [0.15, 0.2) is 115 Å². The molecule has 0 bridgehead atoms. The molecule has 150 valence electrons. The van der Waals surface area contributed by atoms with Crippen molar-refractivity contribution in [2.75, 3.05) is 0 Å². The fourth-order valence-corrected chi connectivity index (χ4v) is 5.42. The van der Waals surface area contributed by atoms with Crippen LogP contribution < -0.4 is 0 Å². The summed E-state index contributed by atoms with van der Waals surface area (Å²) >= 11 is 0. The first-order chi connectivity index (χ1) is 15.9. The average Bonchev–Trinajstić information content (AvgIpc) is 3.40. The molecule has 7 rings (SSSR count). The van der Waals surface area contributed by atoms with E-state index in [9.17, 15) is 0 Å². The maximum Gasteiger partial charge on any atom is 0.0541 e. The van der Waals surface area contributed by atoms with Gasteiger partial charge in [-0.3, -0.25) is 0 Å². The Kier molecular flexibility index (Phi) is 3.68. The lowest BCUT2D eigenvalue weighted by Crippen LogP contribution is -1.94. The van der Waals surface area contributed by atoms with E-state index in [2.05, 4.69) is 120 Å². The number of benzene rings is 5. The molecule has 1 aliphatic carbocycles. The molecule has 0 saturated carbocycles. The van der Waals surface area contributed by atoms with Crippen LogP contribution in [-0.2, 0) is 6.42 Å². The van der Waals surface area contributed by atoms with Crippen molar-refractivity contribution in [1.29, 1.82) is 0 Å². The molecule has 1 aliphatic rings. The summed E-state index contributed by atoms with van der Waals surface area (Å²) in [6, 6.07) is 41.9. The lowest BCUT2D eigenvalue weighted by molar-refractivity contribution is 1.18. The minimum absolute atomic E-state index is 1.01. The van der Waals surface area contributed by atoms with Gasteiger partial charge in [0.15, 0.2) is 0 Å². The molecule has 6 aromatic rings. The summed E-state index contributed by atoms with van der Waals surface area (Å²) < 4.78 is 2.37. The van der Waals surface area contributed by atoms with Crippen molar-refractivity contribution >= 4 is 21.8 Å². The van der Waals surface area contributed by atoms with E-state index in [-0.39, 0.29) is 0 Å². The van der Waals surface area contributed by atoms with Crippen LogP contribution in [0.4, 0.5) is 0 Å². The van der Waals surface area contributed by atoms with Gasteiger partial charge in [0, 0.05) is 16.5 Å². The summed E-state index contributed by atoms with van der Waals surface area (Å²) in [4.78, 5) is 0. The molecule has 1 nitrogen and oxygen atoms in total. The topological polar surface area (TPSA) is 4.93 Å². The largest absolute Gasteiger partial charge is 0.309 e. The molecule has 1 heteroatoms. The van der Waals surface area contributed by atoms with Crippen LogP contribution in [0.5, 0.6) is 0 Å². The molecule has 32 heavy (non-hydrogen) atoms. The molecule has 1 heterocycles. The van der Waals surface area contributed by atoms with Gasteiger partial charge in [-0.05, 0) is 64.1 Å². The van der Waals surface area contributed by atoms with Crippen LogP contribution in [0.3, 0.4) is 0 Å². The summed E-state index contributed by atoms with van der Waals surface area (Å²) in [7, 11) is 0. The highest BCUT2D eigenvalue weighted by molar-refractivity contribution is 6.09. The zero-order valence-corrected chi connectivity index (χ0v) is 17.6. The first kappa shape index (κ1) is 17.6. The quantitative estimate of drug-likeness (QED) is 0.273. The van der Waals surface area contributed by atoms with Crippen molar-refractivity contribution in [3.8, 4) is 27.9 Å². The number of nitrogens with zero attached hydrogens (tertiary/aromatic N) is 1. The fraction of sp³-hybridized carbons (Fsp3) is 0.0323. The van der Waals surface area contributed by atoms with E-state index >= 15 is 0 Å². The third-order valence-electron chi connectivity index (χ3n) is 6.87. The minimum atomic E-state index is 1.01. The van der Waals surface area contributed by atoms with Crippen molar-refractivity contribution in [2.24, 2.45) is 0 Å². The molecular formula is C31H21N. The second-order valence-electron chi connectivity index (χ2n) is 8.58. The number of aromatic nitrogens is 1. The predicted octanol–water partition coefficient (Wildman–Crippen LogP) is 8.02. The Labute approximate surface area is 187 Å². The fourth-order valence-electron chi connectivity index (χ4n) is 5.42. The van der Waals surface area contributed by atoms with Gasteiger partial charge in [0.05, 0.1) is 11.0 Å². The molecule has 0 amide bonds. The molecule has 5 aromatic carbocycles. The molecule has 0 saturated heterocycles. The highest BCUT2D eigenvalue weighted by Crippen LogP contribution is 2.41. The summed E-state index contributed by atoms with van der Waals surface area (Å²) in [5.74, 6) is 0. The number of hydrogen-bond donors (Lipinski definition) is 0. The normalized spacial score (nSPS) is 12.2. The molecule has 0 fully saturated rings. The van der Waals surface area contributed by atoms with Crippen molar-refractivity contribution in [3.63, 3.8) is 0 Å². The Morgan fingerprint density at radius 3 is 1.81 bits per heavy atom. The number of hydrogen-bond acceptors (Lipinski definition) is 0. The van der Waals surface area contributed by atoms with Crippen LogP contribution in [0.1, 0.15) is 11.1 Å². The third kappa shape index (κ3) is 2.45. The summed E-state index contributed by atoms with van der Waals surface area (Å²) in [5, 5.41) is 2.59. The van der Waals surface area contributed by atoms with Gasteiger partial charge in [0.2, 0.25) is 0 Å². The van der Waals surface area contributed by atoms with Gasteiger partial charge < -0.3 is 4.57 Å². The van der Waals surface area contributed by atoms with Crippen LogP contribution >= 0.6 is 0 Å². The Bertz CT molecular complexity index is 1580. The standard InChI is InChI=1S/C31H21N/c1-2-9-25-22(8-1)20-29-24(12-7-13-26(25)29)21-16-18-23(19-17-21)32-30-14-5-3-10-27(30)28-11-4-6-15-31(28)32/h1-19H,20H2. The van der Waals surface area contributed by atoms with Gasteiger partial charge >= 0.3 is 0 Å². The van der Waals surface area contributed by atoms with Crippen LogP contribution in [0.25, 0.3) is 49.7 Å². The van der Waals surface area contributed by atoms with Crippen LogP contribution in [-0.4, -0.2) is 4.57 Å². The molecule has 1 aromatic heterocycles. The smallest absolute Gasteiger partial charge is 0.0541 e. The first-order valence-corrected chi connectivity index (χ1v) is 11.2. The van der Waals surface area contributed by atoms with Crippen LogP contribution in [0, 0.1) is 0 Å². The van der Waals surface area contributed by atoms with E-state index in [1.807, 2.05) is 0 Å². The number of fused-ring (bicyclic) bond motifs is 6. The summed E-state index contributed by atoms with van der Waals surface area (Å²) in [6.45, 7) is 0. The van der Waals surface area contributed by atoms with Gasteiger partial charge in [-0.25, -0.2) is 0 Å². The lowest BCUT2D eigenvalue weighted by Gasteiger charge is -2.12. The third-order valence-corrected chi connectivity index (χ3v) is 6.87. The summed E-state index contributed by atoms with van der Waals surface area (Å²) in [6.07, 6.45) is 1.01. The van der Waals surface area contributed by atoms with Crippen molar-refractivity contribution in [1.82, 2.24) is 4.57 Å². The Balaban J connectivity index is 1.37. The molecule has 0 aliphatic heterocycles. The molecular weight excluding hydrogens is 386 g/mol. The molecule has 0 N–H and O–H groups in total. The second-order valence-corrected chi connectivity index (χ2v) is 8.58. The van der Waals surface area contributed by atoms with E-state index in [1.54, 1.807) is 0 Å². The first-order valence-electron chi connectivity index (χ1n) is 11.2. The predicted molar refractivity (Wildman–Crippen MR) is 134 cm³/mol. The van der Waals surface area contributed by atoms with Crippen molar-refractivity contribution in [3.05, 3.63) is 126 Å². The Hall–Kier alpha value is -4.10. The van der Waals surface area contributed by atoms with Gasteiger partial charge in [0.25, 0.3) is 0 Å². The summed E-state index contributed by atoms with van der Waals surface area (Å²) in [5.41, 5.74) is 11.9. The van der Waals surface area contributed by atoms with Gasteiger partial charge in [0.1, 0.15) is 0 Å². The van der Waals surface area contributed by atoms with Gasteiger partial charge in [-0.15, -0.1) is 0 Å². The second kappa shape index (κ2) is 6.70. The van der Waals surface area contributed by atoms with Crippen molar-refractivity contribution < 1.29 is 0 Å². The SMILES string of the molecule is c1ccc2c(c1)Cc1c(-c3ccc(-n4c5ccccc5c5ccccc54)cc3)cccc1-2. The lowest BCUT2D eigenvalue weighted by atomic mass is 9.95. The van der Waals surface area contributed by atoms with E-state index < -0.39 is 0 Å². The molecule has 0 unspecified atom stereocenters. The molecule has 0 radical (unpaired) electrons. The highest BCUT2D eigenvalue weighted by Gasteiger charge is 2.21. The van der Waals surface area contributed by atoms with Crippen molar-refractivity contribution in [2.45, 2.75) is 6.42 Å². The zero-order chi connectivity index (χ0) is 21.1. The van der Waals surface area contributed by atoms with Crippen LogP contribution in [0.2, 0.25) is 0 Å². The van der Waals surface area contributed by atoms with E-state index in [0.717, 1.165) is 6.42 Å². The Morgan fingerprint density at radius 1 is 0.469 bits per heavy atom. The van der Waals surface area contributed by atoms with Gasteiger partial charge in [-0.1, -0.05) is 91.0 Å². The zero-order valence-electron chi connectivity index (χ0n) is 17.6. The number of para-hydroxylation sites is 2. The van der Waals surface area contributed by atoms with E-state index in [4.69, 9.17) is 0 Å². The van der Waals surface area contributed by atoms with Gasteiger partial charge in [-0.2, -0.15) is 0 Å². The highest BCUT2D eigenvalue weighted by atomic mass is 15.0. The monoisotopic (exact) mass is 407 g/mol.